The van der Waals surface area contributed by atoms with Crippen molar-refractivity contribution in [2.45, 2.75) is 0 Å². The van der Waals surface area contributed by atoms with Gasteiger partial charge in [0, 0.05) is 0 Å². The quantitative estimate of drug-likeness (QED) is 0.141. The number of benzene rings is 10. The van der Waals surface area contributed by atoms with Gasteiger partial charge in [0.25, 0.3) is 0 Å². The largest absolute Gasteiger partial charge is 0.0616 e. The third-order valence-electron chi connectivity index (χ3n) is 10.5. The van der Waals surface area contributed by atoms with Crippen molar-refractivity contribution in [2.24, 2.45) is 0 Å². The molecule has 0 aromatic heterocycles. The Morgan fingerprint density at radius 1 is 0.217 bits per heavy atom. The maximum absolute atomic E-state index is 2.39. The molecule has 10 aromatic carbocycles. The van der Waals surface area contributed by atoms with E-state index in [0.717, 1.165) is 0 Å². The number of hydrogen-bond donors (Lipinski definition) is 0. The molecule has 0 radical (unpaired) electrons. The van der Waals surface area contributed by atoms with E-state index in [4.69, 9.17) is 0 Å². The van der Waals surface area contributed by atoms with E-state index in [2.05, 4.69) is 158 Å². The molecule has 0 bridgehead atoms. The van der Waals surface area contributed by atoms with Gasteiger partial charge in [0.2, 0.25) is 0 Å². The lowest BCUT2D eigenvalue weighted by Crippen LogP contribution is -1.89. The maximum Gasteiger partial charge on any atom is -0.00201 e. The molecule has 0 heterocycles. The summed E-state index contributed by atoms with van der Waals surface area (Å²) in [7, 11) is 0. The van der Waals surface area contributed by atoms with Gasteiger partial charge in [-0.1, -0.05) is 133 Å². The van der Waals surface area contributed by atoms with Gasteiger partial charge in [-0.05, 0) is 133 Å². The molecular weight excluding hydrogens is 553 g/mol. The molecule has 210 valence electrons. The summed E-state index contributed by atoms with van der Waals surface area (Å²) in [5.41, 5.74) is 10.4. The topological polar surface area (TPSA) is 0 Å². The van der Waals surface area contributed by atoms with E-state index in [1.807, 2.05) is 0 Å². The van der Waals surface area contributed by atoms with E-state index in [0.29, 0.717) is 0 Å². The van der Waals surface area contributed by atoms with Gasteiger partial charge in [0.15, 0.2) is 0 Å². The van der Waals surface area contributed by atoms with Gasteiger partial charge in [-0.2, -0.15) is 0 Å². The Hall–Kier alpha value is -5.98. The predicted molar refractivity (Wildman–Crippen MR) is 198 cm³/mol. The van der Waals surface area contributed by atoms with Crippen LogP contribution in [-0.2, 0) is 0 Å². The van der Waals surface area contributed by atoms with Crippen molar-refractivity contribution < 1.29 is 0 Å². The van der Waals surface area contributed by atoms with Gasteiger partial charge in [0.05, 0.1) is 0 Å². The minimum atomic E-state index is 1.25. The fourth-order valence-corrected chi connectivity index (χ4v) is 8.37. The first-order valence-electron chi connectivity index (χ1n) is 16.1. The molecule has 0 unspecified atom stereocenters. The van der Waals surface area contributed by atoms with Gasteiger partial charge in [-0.3, -0.25) is 0 Å². The first-order valence-corrected chi connectivity index (χ1v) is 16.1. The molecule has 1 aliphatic rings. The van der Waals surface area contributed by atoms with Gasteiger partial charge in [0.1, 0.15) is 0 Å². The van der Waals surface area contributed by atoms with Crippen LogP contribution in [0.4, 0.5) is 0 Å². The molecule has 1 aliphatic carbocycles. The Bertz CT molecular complexity index is 2900. The summed E-state index contributed by atoms with van der Waals surface area (Å²) in [4.78, 5) is 0. The maximum atomic E-state index is 2.39. The molecule has 11 rings (SSSR count). The summed E-state index contributed by atoms with van der Waals surface area (Å²) in [5.74, 6) is 0. The molecule has 10 aromatic rings. The summed E-state index contributed by atoms with van der Waals surface area (Å²) >= 11 is 0. The molecule has 0 spiro atoms. The van der Waals surface area contributed by atoms with E-state index in [1.165, 1.54) is 109 Å². The predicted octanol–water partition coefficient (Wildman–Crippen LogP) is 13.0. The monoisotopic (exact) mass is 578 g/mol. The molecule has 0 N–H and O–H groups in total. The molecule has 0 aliphatic heterocycles. The molecule has 0 fully saturated rings. The van der Waals surface area contributed by atoms with Crippen LogP contribution in [0.15, 0.2) is 158 Å². The fraction of sp³-hybridized carbons (Fsp3) is 0. The SMILES string of the molecule is c1cc2c3c(cccc3c1)-c1cc(-c3ccc4ccc(-c5ccc6ccc7cc8ccccc8c8ccc5c6c78)cc4c3)ccc1-2. The molecule has 0 saturated heterocycles. The van der Waals surface area contributed by atoms with E-state index in [1.54, 1.807) is 0 Å². The first-order chi connectivity index (χ1) is 22.8. The average Bonchev–Trinajstić information content (AvgIpc) is 3.44. The Morgan fingerprint density at radius 3 is 1.74 bits per heavy atom. The Kier molecular flexibility index (Phi) is 4.66. The molecule has 0 saturated carbocycles. The third kappa shape index (κ3) is 3.23. The molecule has 0 atom stereocenters. The Labute approximate surface area is 266 Å². The second-order valence-electron chi connectivity index (χ2n) is 12.9. The zero-order valence-corrected chi connectivity index (χ0v) is 25.0. The Morgan fingerprint density at radius 2 is 0.826 bits per heavy atom. The average molecular weight is 579 g/mol. The Balaban J connectivity index is 1.07. The van der Waals surface area contributed by atoms with Crippen LogP contribution < -0.4 is 0 Å². The van der Waals surface area contributed by atoms with Gasteiger partial charge in [-0.25, -0.2) is 0 Å². The van der Waals surface area contributed by atoms with Crippen LogP contribution in [-0.4, -0.2) is 0 Å². The van der Waals surface area contributed by atoms with Crippen molar-refractivity contribution in [3.05, 3.63) is 158 Å². The normalized spacial score (nSPS) is 12.3. The standard InChI is InChI=1S/C46H26/c1-2-8-36-32(5-1)24-34-16-13-29-17-19-37(42-22-21-41(36)46(34)45(29)42)33-15-12-27-11-14-30(23-35(27)25-33)31-18-20-38-39-9-3-6-28-7-4-10-40(44(28)39)43(38)26-31/h1-26H. The molecule has 0 heteroatoms. The minimum Gasteiger partial charge on any atom is -0.0616 e. The lowest BCUT2D eigenvalue weighted by molar-refractivity contribution is 1.64. The summed E-state index contributed by atoms with van der Waals surface area (Å²) in [6, 6.07) is 59.1. The second-order valence-corrected chi connectivity index (χ2v) is 12.9. The summed E-state index contributed by atoms with van der Waals surface area (Å²) in [6.07, 6.45) is 0. The van der Waals surface area contributed by atoms with E-state index >= 15 is 0 Å². The minimum absolute atomic E-state index is 1.25. The zero-order chi connectivity index (χ0) is 29.9. The van der Waals surface area contributed by atoms with Crippen LogP contribution in [0.25, 0.3) is 109 Å². The van der Waals surface area contributed by atoms with Gasteiger partial charge in [-0.15, -0.1) is 0 Å². The first kappa shape index (κ1) is 24.4. The smallest absolute Gasteiger partial charge is 0.00201 e. The van der Waals surface area contributed by atoms with Crippen LogP contribution in [0.3, 0.4) is 0 Å². The van der Waals surface area contributed by atoms with E-state index in [-0.39, 0.29) is 0 Å². The van der Waals surface area contributed by atoms with Crippen molar-refractivity contribution in [1.29, 1.82) is 0 Å². The highest BCUT2D eigenvalue weighted by Crippen LogP contribution is 2.48. The van der Waals surface area contributed by atoms with Crippen LogP contribution in [0.5, 0.6) is 0 Å². The number of rotatable bonds is 2. The van der Waals surface area contributed by atoms with E-state index in [9.17, 15) is 0 Å². The molecule has 0 amide bonds. The number of hydrogen-bond acceptors (Lipinski definition) is 0. The second kappa shape index (κ2) is 8.81. The lowest BCUT2D eigenvalue weighted by atomic mass is 9.87. The van der Waals surface area contributed by atoms with Gasteiger partial charge < -0.3 is 0 Å². The van der Waals surface area contributed by atoms with Crippen LogP contribution in [0.2, 0.25) is 0 Å². The van der Waals surface area contributed by atoms with Crippen molar-refractivity contribution in [3.8, 4) is 44.5 Å². The molecular formula is C46H26. The summed E-state index contributed by atoms with van der Waals surface area (Å²) < 4.78 is 0. The molecule has 0 nitrogen and oxygen atoms in total. The zero-order valence-electron chi connectivity index (χ0n) is 25.0. The summed E-state index contributed by atoms with van der Waals surface area (Å²) in [5, 5.41) is 15.8. The highest BCUT2D eigenvalue weighted by Gasteiger charge is 2.21. The number of fused-ring (bicyclic) bond motifs is 6. The van der Waals surface area contributed by atoms with Crippen LogP contribution in [0, 0.1) is 0 Å². The summed E-state index contributed by atoms with van der Waals surface area (Å²) in [6.45, 7) is 0. The van der Waals surface area contributed by atoms with E-state index < -0.39 is 0 Å². The highest BCUT2D eigenvalue weighted by molar-refractivity contribution is 6.30. The van der Waals surface area contributed by atoms with Crippen molar-refractivity contribution >= 4 is 64.6 Å². The highest BCUT2D eigenvalue weighted by atomic mass is 14.2. The van der Waals surface area contributed by atoms with Crippen LogP contribution in [0.1, 0.15) is 0 Å². The lowest BCUT2D eigenvalue weighted by Gasteiger charge is -2.16. The fourth-order valence-electron chi connectivity index (χ4n) is 8.37. The molecule has 46 heavy (non-hydrogen) atoms. The van der Waals surface area contributed by atoms with Crippen molar-refractivity contribution in [2.75, 3.05) is 0 Å². The third-order valence-corrected chi connectivity index (χ3v) is 10.5. The van der Waals surface area contributed by atoms with Crippen LogP contribution >= 0.6 is 0 Å². The van der Waals surface area contributed by atoms with Crippen molar-refractivity contribution in [3.63, 3.8) is 0 Å². The van der Waals surface area contributed by atoms with Gasteiger partial charge >= 0.3 is 0 Å². The van der Waals surface area contributed by atoms with Crippen molar-refractivity contribution in [1.82, 2.24) is 0 Å².